The molecule has 140 valence electrons. The van der Waals surface area contributed by atoms with Crippen molar-refractivity contribution in [2.45, 2.75) is 32.6 Å². The second-order valence-corrected chi connectivity index (χ2v) is 5.83. The monoisotopic (exact) mass is 375 g/mol. The molecule has 2 aromatic rings. The number of hydrazone groups is 1. The van der Waals surface area contributed by atoms with Crippen LogP contribution in [0.15, 0.2) is 52.2 Å². The molecular weight excluding hydrogens is 350 g/mol. The number of aryl methyl sites for hydroxylation is 1. The van der Waals surface area contributed by atoms with Gasteiger partial charge in [0.15, 0.2) is 5.11 Å². The van der Waals surface area contributed by atoms with Crippen LogP contribution in [0.1, 0.15) is 47.9 Å². The third-order valence-electron chi connectivity index (χ3n) is 3.40. The molecule has 0 spiro atoms. The van der Waals surface area contributed by atoms with Crippen LogP contribution < -0.4 is 10.7 Å². The van der Waals surface area contributed by atoms with Crippen molar-refractivity contribution in [2.75, 3.05) is 7.05 Å². The molecule has 0 fully saturated rings. The molecule has 0 saturated heterocycles. The van der Waals surface area contributed by atoms with Gasteiger partial charge in [-0.15, -0.1) is 0 Å². The fraction of sp³-hybridized carbons (Fsp3) is 0.316. The molecule has 7 heteroatoms. The van der Waals surface area contributed by atoms with E-state index in [1.54, 1.807) is 43.8 Å². The van der Waals surface area contributed by atoms with E-state index in [4.69, 9.17) is 21.7 Å². The molecule has 0 aliphatic heterocycles. The number of carbonyl (C=O) groups is 1. The highest BCUT2D eigenvalue weighted by Gasteiger charge is 2.01. The molecule has 0 radical (unpaired) electrons. The van der Waals surface area contributed by atoms with Gasteiger partial charge in [-0.1, -0.05) is 31.9 Å². The standard InChI is InChI=1S/C12H16O2.C7H9N3OS/c1-2-3-4-5-10-6-8-11(9-7-10)12(13)14;1-8-7(12)10-9-5-6-3-2-4-11-6/h6-9H,2-5H2,1H3,(H,13,14);2-5H,1H3,(H2,8,10,12). The van der Waals surface area contributed by atoms with Gasteiger partial charge in [0, 0.05) is 7.05 Å². The van der Waals surface area contributed by atoms with Crippen molar-refractivity contribution in [3.8, 4) is 0 Å². The Morgan fingerprint density at radius 2 is 2.00 bits per heavy atom. The number of benzene rings is 1. The number of hydrogen-bond acceptors (Lipinski definition) is 4. The molecule has 0 amide bonds. The summed E-state index contributed by atoms with van der Waals surface area (Å²) in [5.41, 5.74) is 4.19. The Bertz CT molecular complexity index is 683. The molecule has 2 rings (SSSR count). The molecule has 0 saturated carbocycles. The number of carboxylic acids is 1. The SMILES string of the molecule is CCCCCc1ccc(C(=O)O)cc1.CNC(=S)NN=Cc1ccco1. The average Bonchev–Trinajstić information content (AvgIpc) is 3.16. The molecule has 1 aromatic carbocycles. The molecule has 1 aromatic heterocycles. The van der Waals surface area contributed by atoms with Crippen LogP contribution in [-0.2, 0) is 6.42 Å². The Morgan fingerprint density at radius 3 is 2.54 bits per heavy atom. The minimum Gasteiger partial charge on any atom is -0.478 e. The van der Waals surface area contributed by atoms with E-state index in [0.717, 1.165) is 6.42 Å². The smallest absolute Gasteiger partial charge is 0.335 e. The van der Waals surface area contributed by atoms with E-state index < -0.39 is 5.97 Å². The lowest BCUT2D eigenvalue weighted by Gasteiger charge is -2.00. The second-order valence-electron chi connectivity index (χ2n) is 5.42. The zero-order chi connectivity index (χ0) is 19.2. The molecular formula is C19H25N3O3S. The highest BCUT2D eigenvalue weighted by atomic mass is 32.1. The van der Waals surface area contributed by atoms with Crippen LogP contribution in [0.25, 0.3) is 0 Å². The number of aromatic carboxylic acids is 1. The molecule has 0 aliphatic carbocycles. The summed E-state index contributed by atoms with van der Waals surface area (Å²) in [6.07, 6.45) is 7.81. The van der Waals surface area contributed by atoms with E-state index in [9.17, 15) is 4.79 Å². The maximum absolute atomic E-state index is 10.6. The molecule has 0 aliphatic rings. The Balaban J connectivity index is 0.000000263. The van der Waals surface area contributed by atoms with Crippen LogP contribution in [0, 0.1) is 0 Å². The first kappa shape index (κ1) is 21.4. The lowest BCUT2D eigenvalue weighted by atomic mass is 10.1. The number of nitrogens with one attached hydrogen (secondary N) is 2. The van der Waals surface area contributed by atoms with Crippen LogP contribution in [0.4, 0.5) is 0 Å². The zero-order valence-corrected chi connectivity index (χ0v) is 15.9. The van der Waals surface area contributed by atoms with Crippen molar-refractivity contribution in [2.24, 2.45) is 5.10 Å². The second kappa shape index (κ2) is 12.7. The summed E-state index contributed by atoms with van der Waals surface area (Å²) in [7, 11) is 1.72. The van der Waals surface area contributed by atoms with Gasteiger partial charge in [0.2, 0.25) is 0 Å². The lowest BCUT2D eigenvalue weighted by Crippen LogP contribution is -2.28. The Morgan fingerprint density at radius 1 is 1.27 bits per heavy atom. The number of furan rings is 1. The third-order valence-corrected chi connectivity index (χ3v) is 3.69. The Labute approximate surface area is 159 Å². The predicted octanol–water partition coefficient (Wildman–Crippen LogP) is 3.82. The maximum Gasteiger partial charge on any atom is 0.335 e. The van der Waals surface area contributed by atoms with E-state index in [0.29, 0.717) is 16.4 Å². The number of nitrogens with zero attached hydrogens (tertiary/aromatic N) is 1. The van der Waals surface area contributed by atoms with Crippen molar-refractivity contribution >= 4 is 29.5 Å². The molecule has 26 heavy (non-hydrogen) atoms. The lowest BCUT2D eigenvalue weighted by molar-refractivity contribution is 0.0697. The van der Waals surface area contributed by atoms with Crippen LogP contribution >= 0.6 is 12.2 Å². The number of carboxylic acid groups (broad SMARTS) is 1. The first-order valence-corrected chi connectivity index (χ1v) is 8.84. The minimum absolute atomic E-state index is 0.365. The summed E-state index contributed by atoms with van der Waals surface area (Å²) < 4.78 is 5.00. The van der Waals surface area contributed by atoms with E-state index in [1.807, 2.05) is 12.1 Å². The van der Waals surface area contributed by atoms with Gasteiger partial charge in [-0.05, 0) is 54.9 Å². The average molecular weight is 375 g/mol. The number of rotatable bonds is 7. The van der Waals surface area contributed by atoms with Gasteiger partial charge in [0.25, 0.3) is 0 Å². The van der Waals surface area contributed by atoms with E-state index >= 15 is 0 Å². The van der Waals surface area contributed by atoms with Crippen molar-refractivity contribution in [1.82, 2.24) is 10.7 Å². The molecule has 0 atom stereocenters. The summed E-state index contributed by atoms with van der Waals surface area (Å²) in [4.78, 5) is 10.6. The Kier molecular flexibility index (Phi) is 10.4. The highest BCUT2D eigenvalue weighted by Crippen LogP contribution is 2.08. The summed E-state index contributed by atoms with van der Waals surface area (Å²) in [6.45, 7) is 2.17. The maximum atomic E-state index is 10.6. The van der Waals surface area contributed by atoms with E-state index in [1.165, 1.54) is 24.8 Å². The van der Waals surface area contributed by atoms with Gasteiger partial charge in [0.05, 0.1) is 18.0 Å². The summed E-state index contributed by atoms with van der Waals surface area (Å²) >= 11 is 4.78. The fourth-order valence-electron chi connectivity index (χ4n) is 1.97. The van der Waals surface area contributed by atoms with E-state index in [-0.39, 0.29) is 0 Å². The van der Waals surface area contributed by atoms with Gasteiger partial charge in [-0.2, -0.15) is 5.10 Å². The van der Waals surface area contributed by atoms with Crippen molar-refractivity contribution in [3.63, 3.8) is 0 Å². The third kappa shape index (κ3) is 8.98. The van der Waals surface area contributed by atoms with Crippen molar-refractivity contribution in [1.29, 1.82) is 0 Å². The fourth-order valence-corrected chi connectivity index (χ4v) is 2.02. The predicted molar refractivity (Wildman–Crippen MR) is 108 cm³/mol. The molecule has 6 nitrogen and oxygen atoms in total. The summed E-state index contributed by atoms with van der Waals surface area (Å²) in [6, 6.07) is 10.7. The summed E-state index contributed by atoms with van der Waals surface area (Å²) in [5, 5.41) is 15.7. The summed E-state index contributed by atoms with van der Waals surface area (Å²) in [5.74, 6) is -0.175. The largest absolute Gasteiger partial charge is 0.478 e. The van der Waals surface area contributed by atoms with Crippen molar-refractivity contribution in [3.05, 3.63) is 59.5 Å². The van der Waals surface area contributed by atoms with Gasteiger partial charge in [0.1, 0.15) is 5.76 Å². The van der Waals surface area contributed by atoms with Gasteiger partial charge in [-0.3, -0.25) is 5.43 Å². The first-order valence-electron chi connectivity index (χ1n) is 8.43. The van der Waals surface area contributed by atoms with Crippen LogP contribution in [-0.4, -0.2) is 29.5 Å². The van der Waals surface area contributed by atoms with E-state index in [2.05, 4.69) is 22.8 Å². The number of unbranched alkanes of at least 4 members (excludes halogenated alkanes) is 2. The Hall–Kier alpha value is -2.67. The van der Waals surface area contributed by atoms with Gasteiger partial charge >= 0.3 is 5.97 Å². The van der Waals surface area contributed by atoms with Crippen LogP contribution in [0.2, 0.25) is 0 Å². The van der Waals surface area contributed by atoms with Gasteiger partial charge in [-0.25, -0.2) is 4.79 Å². The van der Waals surface area contributed by atoms with Crippen molar-refractivity contribution < 1.29 is 14.3 Å². The molecule has 0 bridgehead atoms. The number of thiocarbonyl (C=S) groups is 1. The molecule has 3 N–H and O–H groups in total. The highest BCUT2D eigenvalue weighted by molar-refractivity contribution is 7.80. The minimum atomic E-state index is -0.856. The van der Waals surface area contributed by atoms with Crippen LogP contribution in [0.5, 0.6) is 0 Å². The topological polar surface area (TPSA) is 86.9 Å². The molecule has 1 heterocycles. The first-order chi connectivity index (χ1) is 12.6. The molecule has 0 unspecified atom stereocenters. The quantitative estimate of drug-likeness (QED) is 0.295. The van der Waals surface area contributed by atoms with Gasteiger partial charge < -0.3 is 14.8 Å². The number of hydrogen-bond donors (Lipinski definition) is 3. The van der Waals surface area contributed by atoms with Crippen LogP contribution in [0.3, 0.4) is 0 Å². The normalized spacial score (nSPS) is 10.1. The zero-order valence-electron chi connectivity index (χ0n) is 15.1.